The van der Waals surface area contributed by atoms with E-state index in [1.807, 2.05) is 0 Å². The Morgan fingerprint density at radius 1 is 1.33 bits per heavy atom. The summed E-state index contributed by atoms with van der Waals surface area (Å²) in [7, 11) is 2.21. The molecule has 1 saturated heterocycles. The van der Waals surface area contributed by atoms with Crippen molar-refractivity contribution in [2.75, 3.05) is 20.3 Å². The van der Waals surface area contributed by atoms with Crippen LogP contribution in [0.1, 0.15) is 29.5 Å². The Labute approximate surface area is 110 Å². The van der Waals surface area contributed by atoms with Gasteiger partial charge in [-0.1, -0.05) is 18.2 Å². The monoisotopic (exact) mass is 248 g/mol. The van der Waals surface area contributed by atoms with Crippen LogP contribution in [0.2, 0.25) is 0 Å². The van der Waals surface area contributed by atoms with E-state index in [-0.39, 0.29) is 0 Å². The normalized spacial score (nSPS) is 17.3. The highest BCUT2D eigenvalue weighted by molar-refractivity contribution is 5.31. The van der Waals surface area contributed by atoms with Crippen LogP contribution in [0.5, 0.6) is 0 Å². The molecule has 0 radical (unpaired) electrons. The fourth-order valence-corrected chi connectivity index (χ4v) is 2.59. The Morgan fingerprint density at radius 3 is 2.67 bits per heavy atom. The summed E-state index contributed by atoms with van der Waals surface area (Å²) in [5.74, 6) is 0. The molecular weight excluding hydrogens is 224 g/mol. The van der Waals surface area contributed by atoms with Gasteiger partial charge < -0.3 is 10.5 Å². The molecule has 1 aliphatic rings. The van der Waals surface area contributed by atoms with Gasteiger partial charge in [0.1, 0.15) is 0 Å². The molecule has 0 aliphatic carbocycles. The molecule has 0 aromatic heterocycles. The van der Waals surface area contributed by atoms with Crippen LogP contribution in [0.4, 0.5) is 0 Å². The molecule has 3 nitrogen and oxygen atoms in total. The highest BCUT2D eigenvalue weighted by Crippen LogP contribution is 2.18. The second kappa shape index (κ2) is 6.32. The van der Waals surface area contributed by atoms with Gasteiger partial charge in [0, 0.05) is 32.3 Å². The van der Waals surface area contributed by atoms with Gasteiger partial charge in [-0.3, -0.25) is 4.90 Å². The summed E-state index contributed by atoms with van der Waals surface area (Å²) in [4.78, 5) is 2.45. The lowest BCUT2D eigenvalue weighted by Crippen LogP contribution is -2.36. The van der Waals surface area contributed by atoms with E-state index >= 15 is 0 Å². The minimum Gasteiger partial charge on any atom is -0.381 e. The quantitative estimate of drug-likeness (QED) is 0.886. The summed E-state index contributed by atoms with van der Waals surface area (Å²) in [6.07, 6.45) is 2.30. The standard InChI is InChI=1S/C15H24N2O/c1-12-9-13(10-16)3-4-14(12)11-17(2)15-5-7-18-8-6-15/h3-4,9,15H,5-8,10-11,16H2,1-2H3. The first kappa shape index (κ1) is 13.5. The van der Waals surface area contributed by atoms with Crippen molar-refractivity contribution < 1.29 is 4.74 Å². The molecule has 0 spiro atoms. The zero-order valence-electron chi connectivity index (χ0n) is 11.5. The van der Waals surface area contributed by atoms with Crippen LogP contribution in [-0.4, -0.2) is 31.2 Å². The van der Waals surface area contributed by atoms with Crippen molar-refractivity contribution >= 4 is 0 Å². The second-order valence-electron chi connectivity index (χ2n) is 5.22. The number of nitrogens with two attached hydrogens (primary N) is 1. The van der Waals surface area contributed by atoms with Gasteiger partial charge in [-0.05, 0) is 43.5 Å². The van der Waals surface area contributed by atoms with Crippen molar-refractivity contribution in [1.82, 2.24) is 4.90 Å². The maximum Gasteiger partial charge on any atom is 0.0480 e. The Morgan fingerprint density at radius 2 is 2.06 bits per heavy atom. The van der Waals surface area contributed by atoms with Gasteiger partial charge in [0.05, 0.1) is 0 Å². The van der Waals surface area contributed by atoms with Crippen LogP contribution in [0.15, 0.2) is 18.2 Å². The zero-order valence-corrected chi connectivity index (χ0v) is 11.5. The number of benzene rings is 1. The fourth-order valence-electron chi connectivity index (χ4n) is 2.59. The molecule has 0 amide bonds. The molecule has 1 heterocycles. The lowest BCUT2D eigenvalue weighted by molar-refractivity contribution is 0.0406. The number of hydrogen-bond acceptors (Lipinski definition) is 3. The van der Waals surface area contributed by atoms with Crippen LogP contribution in [-0.2, 0) is 17.8 Å². The average Bonchev–Trinajstić information content (AvgIpc) is 2.42. The van der Waals surface area contributed by atoms with E-state index in [0.717, 1.165) is 32.6 Å². The highest BCUT2D eigenvalue weighted by Gasteiger charge is 2.18. The van der Waals surface area contributed by atoms with Crippen LogP contribution < -0.4 is 5.73 Å². The fraction of sp³-hybridized carbons (Fsp3) is 0.600. The molecule has 1 fully saturated rings. The van der Waals surface area contributed by atoms with E-state index in [0.29, 0.717) is 12.6 Å². The van der Waals surface area contributed by atoms with E-state index in [1.165, 1.54) is 16.7 Å². The third kappa shape index (κ3) is 3.31. The van der Waals surface area contributed by atoms with Crippen molar-refractivity contribution in [3.05, 3.63) is 34.9 Å². The third-order valence-corrected chi connectivity index (χ3v) is 3.88. The topological polar surface area (TPSA) is 38.5 Å². The van der Waals surface area contributed by atoms with Gasteiger partial charge in [0.2, 0.25) is 0 Å². The SMILES string of the molecule is Cc1cc(CN)ccc1CN(C)C1CCOCC1. The maximum absolute atomic E-state index is 5.66. The summed E-state index contributed by atoms with van der Waals surface area (Å²) in [5, 5.41) is 0. The van der Waals surface area contributed by atoms with Crippen LogP contribution >= 0.6 is 0 Å². The largest absolute Gasteiger partial charge is 0.381 e. The minimum absolute atomic E-state index is 0.622. The number of ether oxygens (including phenoxy) is 1. The van der Waals surface area contributed by atoms with E-state index in [9.17, 15) is 0 Å². The summed E-state index contributed by atoms with van der Waals surface area (Å²) < 4.78 is 5.41. The Hall–Kier alpha value is -0.900. The first-order valence-electron chi connectivity index (χ1n) is 6.77. The van der Waals surface area contributed by atoms with Crippen LogP contribution in [0.3, 0.4) is 0 Å². The molecule has 0 saturated carbocycles. The van der Waals surface area contributed by atoms with Gasteiger partial charge in [-0.2, -0.15) is 0 Å². The molecule has 2 rings (SSSR count). The van der Waals surface area contributed by atoms with Gasteiger partial charge in [-0.25, -0.2) is 0 Å². The van der Waals surface area contributed by atoms with Gasteiger partial charge >= 0.3 is 0 Å². The Kier molecular flexibility index (Phi) is 4.75. The van der Waals surface area contributed by atoms with Crippen LogP contribution in [0.25, 0.3) is 0 Å². The van der Waals surface area contributed by atoms with Crippen molar-refractivity contribution in [1.29, 1.82) is 0 Å². The van der Waals surface area contributed by atoms with Crippen molar-refractivity contribution in [2.24, 2.45) is 5.73 Å². The second-order valence-corrected chi connectivity index (χ2v) is 5.22. The summed E-state index contributed by atoms with van der Waals surface area (Å²) in [6.45, 7) is 5.62. The van der Waals surface area contributed by atoms with Gasteiger partial charge in [0.25, 0.3) is 0 Å². The highest BCUT2D eigenvalue weighted by atomic mass is 16.5. The third-order valence-electron chi connectivity index (χ3n) is 3.88. The number of aryl methyl sites for hydroxylation is 1. The molecular formula is C15H24N2O. The summed E-state index contributed by atoms with van der Waals surface area (Å²) >= 11 is 0. The lowest BCUT2D eigenvalue weighted by atomic mass is 10.0. The molecule has 0 bridgehead atoms. The minimum atomic E-state index is 0.622. The van der Waals surface area contributed by atoms with E-state index in [1.54, 1.807) is 0 Å². The van der Waals surface area contributed by atoms with E-state index in [2.05, 4.69) is 37.1 Å². The van der Waals surface area contributed by atoms with E-state index in [4.69, 9.17) is 10.5 Å². The molecule has 1 aliphatic heterocycles. The first-order chi connectivity index (χ1) is 8.70. The molecule has 100 valence electrons. The van der Waals surface area contributed by atoms with Crippen LogP contribution in [0, 0.1) is 6.92 Å². The smallest absolute Gasteiger partial charge is 0.0480 e. The Balaban J connectivity index is 1.99. The van der Waals surface area contributed by atoms with Crippen molar-refractivity contribution in [3.63, 3.8) is 0 Å². The summed E-state index contributed by atoms with van der Waals surface area (Å²) in [5.41, 5.74) is 9.62. The number of hydrogen-bond donors (Lipinski definition) is 1. The van der Waals surface area contributed by atoms with Crippen molar-refractivity contribution in [3.8, 4) is 0 Å². The van der Waals surface area contributed by atoms with Gasteiger partial charge in [0.15, 0.2) is 0 Å². The summed E-state index contributed by atoms with van der Waals surface area (Å²) in [6, 6.07) is 7.22. The predicted molar refractivity (Wildman–Crippen MR) is 74.4 cm³/mol. The number of rotatable bonds is 4. The molecule has 3 heteroatoms. The molecule has 2 N–H and O–H groups in total. The maximum atomic E-state index is 5.66. The molecule has 0 unspecified atom stereocenters. The first-order valence-corrected chi connectivity index (χ1v) is 6.77. The zero-order chi connectivity index (χ0) is 13.0. The van der Waals surface area contributed by atoms with E-state index < -0.39 is 0 Å². The number of nitrogens with zero attached hydrogens (tertiary/aromatic N) is 1. The molecule has 18 heavy (non-hydrogen) atoms. The molecule has 1 aromatic carbocycles. The van der Waals surface area contributed by atoms with Crippen molar-refractivity contribution in [2.45, 2.75) is 38.9 Å². The molecule has 1 aromatic rings. The lowest BCUT2D eigenvalue weighted by Gasteiger charge is -2.31. The molecule has 0 atom stereocenters. The predicted octanol–water partition coefficient (Wildman–Crippen LogP) is 2.06. The Bertz CT molecular complexity index is 386. The average molecular weight is 248 g/mol. The van der Waals surface area contributed by atoms with Gasteiger partial charge in [-0.15, -0.1) is 0 Å².